The second-order valence-electron chi connectivity index (χ2n) is 6.62. The summed E-state index contributed by atoms with van der Waals surface area (Å²) < 4.78 is 0. The highest BCUT2D eigenvalue weighted by molar-refractivity contribution is 5.83. The van der Waals surface area contributed by atoms with E-state index in [4.69, 9.17) is 0 Å². The second kappa shape index (κ2) is 3.97. The van der Waals surface area contributed by atoms with Crippen LogP contribution in [0, 0.1) is 13.8 Å². The fourth-order valence-electron chi connectivity index (χ4n) is 4.64. The molecule has 0 nitrogen and oxygen atoms in total. The number of fused-ring (bicyclic) bond motifs is 3. The summed E-state index contributed by atoms with van der Waals surface area (Å²) in [6, 6.07) is 11.8. The van der Waals surface area contributed by atoms with E-state index in [9.17, 15) is 0 Å². The van der Waals surface area contributed by atoms with Gasteiger partial charge in [0.1, 0.15) is 0 Å². The normalized spacial score (nSPS) is 22.6. The molecular formula is C20H22. The lowest BCUT2D eigenvalue weighted by molar-refractivity contribution is 0.423. The summed E-state index contributed by atoms with van der Waals surface area (Å²) >= 11 is 0. The summed E-state index contributed by atoms with van der Waals surface area (Å²) in [5, 5.41) is 0. The van der Waals surface area contributed by atoms with Crippen molar-refractivity contribution in [1.82, 2.24) is 0 Å². The van der Waals surface area contributed by atoms with Crippen LogP contribution >= 0.6 is 0 Å². The van der Waals surface area contributed by atoms with Gasteiger partial charge >= 0.3 is 0 Å². The molecule has 4 rings (SSSR count). The molecule has 0 bridgehead atoms. The highest BCUT2D eigenvalue weighted by Gasteiger charge is 2.45. The Hall–Kier alpha value is -1.56. The van der Waals surface area contributed by atoms with E-state index in [0.717, 1.165) is 0 Å². The maximum Gasteiger partial charge on any atom is 0.0215 e. The molecule has 0 amide bonds. The Balaban J connectivity index is 2.14. The molecule has 0 saturated heterocycles. The summed E-state index contributed by atoms with van der Waals surface area (Å²) in [7, 11) is 0. The zero-order chi connectivity index (χ0) is 13.9. The van der Waals surface area contributed by atoms with Crippen LogP contribution in [0.2, 0.25) is 0 Å². The van der Waals surface area contributed by atoms with Gasteiger partial charge in [0.05, 0.1) is 0 Å². The second-order valence-corrected chi connectivity index (χ2v) is 6.62. The Morgan fingerprint density at radius 1 is 1.05 bits per heavy atom. The molecule has 0 aliphatic heterocycles. The smallest absolute Gasteiger partial charge is 0.0215 e. The van der Waals surface area contributed by atoms with Crippen LogP contribution in [-0.4, -0.2) is 0 Å². The van der Waals surface area contributed by atoms with Crippen LogP contribution in [0.3, 0.4) is 0 Å². The molecule has 102 valence electrons. The molecule has 0 heterocycles. The number of rotatable bonds is 1. The van der Waals surface area contributed by atoms with Crippen molar-refractivity contribution < 1.29 is 0 Å². The molecule has 0 fully saturated rings. The standard InChI is InChI=1S/C20H22/c1-4-20-11-5-6-15-14(3)8-10-17(19(15)20)16-9-7-13(2)12-18(16)20/h7-10,12H,4-6,11H2,1-3H3. The van der Waals surface area contributed by atoms with E-state index in [1.807, 2.05) is 0 Å². The Bertz CT molecular complexity index is 708. The molecule has 1 atom stereocenters. The molecule has 0 radical (unpaired) electrons. The van der Waals surface area contributed by atoms with Crippen molar-refractivity contribution in [2.75, 3.05) is 0 Å². The van der Waals surface area contributed by atoms with E-state index in [1.54, 1.807) is 16.7 Å². The maximum absolute atomic E-state index is 2.45. The van der Waals surface area contributed by atoms with E-state index >= 15 is 0 Å². The number of hydrogen-bond acceptors (Lipinski definition) is 0. The lowest BCUT2D eigenvalue weighted by Crippen LogP contribution is -2.29. The summed E-state index contributed by atoms with van der Waals surface area (Å²) in [4.78, 5) is 0. The zero-order valence-electron chi connectivity index (χ0n) is 12.7. The molecule has 20 heavy (non-hydrogen) atoms. The first-order chi connectivity index (χ1) is 9.67. The van der Waals surface area contributed by atoms with Crippen molar-refractivity contribution in [1.29, 1.82) is 0 Å². The number of benzene rings is 2. The van der Waals surface area contributed by atoms with Crippen LogP contribution in [0.5, 0.6) is 0 Å². The van der Waals surface area contributed by atoms with E-state index in [0.29, 0.717) is 5.41 Å². The Labute approximate surface area is 121 Å². The third kappa shape index (κ3) is 1.32. The van der Waals surface area contributed by atoms with Gasteiger partial charge in [0.2, 0.25) is 0 Å². The molecule has 0 saturated carbocycles. The number of aryl methyl sites for hydroxylation is 2. The fourth-order valence-corrected chi connectivity index (χ4v) is 4.64. The predicted molar refractivity (Wildman–Crippen MR) is 85.4 cm³/mol. The number of hydrogen-bond donors (Lipinski definition) is 0. The fraction of sp³-hybridized carbons (Fsp3) is 0.400. The SMILES string of the molecule is CCC12CCCc3c(C)ccc(c31)-c1ccc(C)cc12. The van der Waals surface area contributed by atoms with Gasteiger partial charge in [-0.05, 0) is 72.9 Å². The predicted octanol–water partition coefficient (Wildman–Crippen LogP) is 5.32. The molecule has 2 aromatic rings. The molecule has 0 heteroatoms. The molecule has 0 N–H and O–H groups in total. The van der Waals surface area contributed by atoms with Gasteiger partial charge < -0.3 is 0 Å². The highest BCUT2D eigenvalue weighted by Crippen LogP contribution is 2.57. The summed E-state index contributed by atoms with van der Waals surface area (Å²) in [5.41, 5.74) is 11.1. The van der Waals surface area contributed by atoms with Crippen molar-refractivity contribution in [3.8, 4) is 11.1 Å². The average Bonchev–Trinajstić information content (AvgIpc) is 2.75. The molecule has 2 aliphatic rings. The maximum atomic E-state index is 2.45. The van der Waals surface area contributed by atoms with Gasteiger partial charge in [-0.3, -0.25) is 0 Å². The van der Waals surface area contributed by atoms with Crippen LogP contribution in [-0.2, 0) is 11.8 Å². The van der Waals surface area contributed by atoms with E-state index in [2.05, 4.69) is 51.1 Å². The van der Waals surface area contributed by atoms with E-state index in [1.165, 1.54) is 47.9 Å². The van der Waals surface area contributed by atoms with Crippen molar-refractivity contribution in [3.05, 3.63) is 58.1 Å². The molecule has 0 spiro atoms. The van der Waals surface area contributed by atoms with Crippen LogP contribution < -0.4 is 0 Å². The molecular weight excluding hydrogens is 240 g/mol. The first-order valence-electron chi connectivity index (χ1n) is 7.92. The highest BCUT2D eigenvalue weighted by atomic mass is 14.5. The lowest BCUT2D eigenvalue weighted by atomic mass is 9.66. The topological polar surface area (TPSA) is 0 Å². The minimum Gasteiger partial charge on any atom is -0.0642 e. The van der Waals surface area contributed by atoms with Crippen molar-refractivity contribution in [2.45, 2.75) is 51.9 Å². The van der Waals surface area contributed by atoms with Crippen molar-refractivity contribution >= 4 is 0 Å². The van der Waals surface area contributed by atoms with Crippen LogP contribution in [0.4, 0.5) is 0 Å². The monoisotopic (exact) mass is 262 g/mol. The minimum absolute atomic E-state index is 0.302. The summed E-state index contributed by atoms with van der Waals surface area (Å²) in [6.07, 6.45) is 5.15. The van der Waals surface area contributed by atoms with Gasteiger partial charge in [0.15, 0.2) is 0 Å². The minimum atomic E-state index is 0.302. The Morgan fingerprint density at radius 2 is 1.85 bits per heavy atom. The molecule has 1 unspecified atom stereocenters. The van der Waals surface area contributed by atoms with Gasteiger partial charge in [-0.1, -0.05) is 42.8 Å². The third-order valence-electron chi connectivity index (χ3n) is 5.64. The third-order valence-corrected chi connectivity index (χ3v) is 5.64. The van der Waals surface area contributed by atoms with Gasteiger partial charge in [-0.2, -0.15) is 0 Å². The summed E-state index contributed by atoms with van der Waals surface area (Å²) in [6.45, 7) is 6.88. The van der Waals surface area contributed by atoms with Gasteiger partial charge in [-0.25, -0.2) is 0 Å². The largest absolute Gasteiger partial charge is 0.0642 e. The lowest BCUT2D eigenvalue weighted by Gasteiger charge is -2.37. The first-order valence-corrected chi connectivity index (χ1v) is 7.92. The van der Waals surface area contributed by atoms with Gasteiger partial charge in [-0.15, -0.1) is 0 Å². The quantitative estimate of drug-likeness (QED) is 0.652. The molecule has 0 aromatic heterocycles. The van der Waals surface area contributed by atoms with E-state index < -0.39 is 0 Å². The van der Waals surface area contributed by atoms with Gasteiger partial charge in [0, 0.05) is 5.41 Å². The van der Waals surface area contributed by atoms with Gasteiger partial charge in [0.25, 0.3) is 0 Å². The first kappa shape index (κ1) is 12.2. The molecule has 2 aromatic carbocycles. The van der Waals surface area contributed by atoms with Crippen LogP contribution in [0.15, 0.2) is 30.3 Å². The summed E-state index contributed by atoms with van der Waals surface area (Å²) in [5.74, 6) is 0. The molecule has 2 aliphatic carbocycles. The van der Waals surface area contributed by atoms with E-state index in [-0.39, 0.29) is 0 Å². The van der Waals surface area contributed by atoms with Crippen molar-refractivity contribution in [3.63, 3.8) is 0 Å². The Morgan fingerprint density at radius 3 is 2.65 bits per heavy atom. The van der Waals surface area contributed by atoms with Crippen LogP contribution in [0.25, 0.3) is 11.1 Å². The average molecular weight is 262 g/mol. The zero-order valence-corrected chi connectivity index (χ0v) is 12.7. The van der Waals surface area contributed by atoms with Crippen LogP contribution in [0.1, 0.15) is 54.0 Å². The van der Waals surface area contributed by atoms with Crippen molar-refractivity contribution in [2.24, 2.45) is 0 Å². The Kier molecular flexibility index (Phi) is 2.42.